The van der Waals surface area contributed by atoms with Crippen LogP contribution >= 0.6 is 0 Å². The van der Waals surface area contributed by atoms with Crippen LogP contribution in [0.15, 0.2) is 18.2 Å². The lowest BCUT2D eigenvalue weighted by atomic mass is 9.93. The monoisotopic (exact) mass is 267 g/mol. The molecule has 0 heterocycles. The number of primary amides is 1. The summed E-state index contributed by atoms with van der Waals surface area (Å²) in [6, 6.07) is 4.17. The number of hydrogen-bond donors (Lipinski definition) is 2. The number of hydrogen-bond acceptors (Lipinski definition) is 3. The molecule has 0 spiro atoms. The van der Waals surface area contributed by atoms with E-state index in [1.165, 1.54) is 18.2 Å². The van der Waals surface area contributed by atoms with E-state index in [1.807, 2.05) is 11.9 Å². The molecule has 0 aliphatic heterocycles. The van der Waals surface area contributed by atoms with Crippen LogP contribution < -0.4 is 11.5 Å². The third kappa shape index (κ3) is 4.61. The van der Waals surface area contributed by atoms with Crippen LogP contribution in [0.5, 0.6) is 0 Å². The van der Waals surface area contributed by atoms with Crippen molar-refractivity contribution in [2.24, 2.45) is 16.9 Å². The fourth-order valence-electron chi connectivity index (χ4n) is 1.99. The van der Waals surface area contributed by atoms with E-state index in [2.05, 4.69) is 13.8 Å². The van der Waals surface area contributed by atoms with Gasteiger partial charge in [0.05, 0.1) is 0 Å². The van der Waals surface area contributed by atoms with E-state index < -0.39 is 5.91 Å². The first-order valence-corrected chi connectivity index (χ1v) is 6.22. The Morgan fingerprint density at radius 3 is 2.58 bits per heavy atom. The molecule has 4 nitrogen and oxygen atoms in total. The molecule has 1 aromatic carbocycles. The van der Waals surface area contributed by atoms with Gasteiger partial charge in [0.25, 0.3) is 0 Å². The van der Waals surface area contributed by atoms with Crippen LogP contribution in [-0.4, -0.2) is 30.9 Å². The maximum Gasteiger partial charge on any atom is 0.248 e. The van der Waals surface area contributed by atoms with Crippen LogP contribution in [0, 0.1) is 11.2 Å². The second-order valence-corrected chi connectivity index (χ2v) is 5.71. The molecule has 0 aliphatic carbocycles. The Morgan fingerprint density at radius 1 is 1.42 bits per heavy atom. The molecule has 5 heteroatoms. The number of nitrogens with two attached hydrogens (primary N) is 2. The standard InChI is InChI=1S/C14H22FN3O/c1-14(2,8-16)9-18(3)7-11-6-10(13(17)19)4-5-12(11)15/h4-6H,7-9,16H2,1-3H3,(H2,17,19). The van der Waals surface area contributed by atoms with Gasteiger partial charge >= 0.3 is 0 Å². The Kier molecular flexibility index (Phi) is 5.03. The molecule has 1 rings (SSSR count). The van der Waals surface area contributed by atoms with Crippen molar-refractivity contribution in [3.05, 3.63) is 35.1 Å². The van der Waals surface area contributed by atoms with E-state index >= 15 is 0 Å². The first-order valence-electron chi connectivity index (χ1n) is 6.22. The van der Waals surface area contributed by atoms with E-state index in [1.54, 1.807) is 0 Å². The van der Waals surface area contributed by atoms with Crippen LogP contribution in [0.1, 0.15) is 29.8 Å². The number of rotatable bonds is 6. The number of benzene rings is 1. The average Bonchev–Trinajstić information content (AvgIpc) is 2.31. The van der Waals surface area contributed by atoms with Crippen molar-refractivity contribution in [2.75, 3.05) is 20.1 Å². The summed E-state index contributed by atoms with van der Waals surface area (Å²) in [4.78, 5) is 13.1. The minimum atomic E-state index is -0.550. The molecule has 0 fully saturated rings. The van der Waals surface area contributed by atoms with Gasteiger partial charge in [0.1, 0.15) is 5.82 Å². The number of carbonyl (C=O) groups excluding carboxylic acids is 1. The van der Waals surface area contributed by atoms with Gasteiger partial charge in [-0.15, -0.1) is 0 Å². The summed E-state index contributed by atoms with van der Waals surface area (Å²) in [6.07, 6.45) is 0. The molecule has 0 aromatic heterocycles. The van der Waals surface area contributed by atoms with Crippen molar-refractivity contribution in [3.63, 3.8) is 0 Å². The topological polar surface area (TPSA) is 72.3 Å². The Labute approximate surface area is 113 Å². The molecule has 0 atom stereocenters. The second-order valence-electron chi connectivity index (χ2n) is 5.71. The molecule has 19 heavy (non-hydrogen) atoms. The smallest absolute Gasteiger partial charge is 0.248 e. The predicted octanol–water partition coefficient (Wildman–Crippen LogP) is 1.34. The van der Waals surface area contributed by atoms with E-state index in [9.17, 15) is 9.18 Å². The van der Waals surface area contributed by atoms with Crippen molar-refractivity contribution < 1.29 is 9.18 Å². The van der Waals surface area contributed by atoms with E-state index in [0.29, 0.717) is 24.2 Å². The second kappa shape index (κ2) is 6.12. The molecule has 0 bridgehead atoms. The lowest BCUT2D eigenvalue weighted by Gasteiger charge is -2.29. The van der Waals surface area contributed by atoms with Gasteiger partial charge in [-0.2, -0.15) is 0 Å². The third-order valence-electron chi connectivity index (χ3n) is 3.02. The maximum atomic E-state index is 13.7. The quantitative estimate of drug-likeness (QED) is 0.817. The van der Waals surface area contributed by atoms with Gasteiger partial charge < -0.3 is 16.4 Å². The summed E-state index contributed by atoms with van der Waals surface area (Å²) in [5.41, 5.74) is 11.6. The highest BCUT2D eigenvalue weighted by Gasteiger charge is 2.19. The van der Waals surface area contributed by atoms with Gasteiger partial charge in [0.2, 0.25) is 5.91 Å². The van der Waals surface area contributed by atoms with Crippen LogP contribution in [-0.2, 0) is 6.54 Å². The van der Waals surface area contributed by atoms with Crippen LogP contribution in [0.25, 0.3) is 0 Å². The van der Waals surface area contributed by atoms with Crippen LogP contribution in [0.2, 0.25) is 0 Å². The third-order valence-corrected chi connectivity index (χ3v) is 3.02. The fraction of sp³-hybridized carbons (Fsp3) is 0.500. The fourth-order valence-corrected chi connectivity index (χ4v) is 1.99. The van der Waals surface area contributed by atoms with Gasteiger partial charge in [-0.1, -0.05) is 13.8 Å². The van der Waals surface area contributed by atoms with Crippen molar-refractivity contribution >= 4 is 5.91 Å². The Morgan fingerprint density at radius 2 is 2.05 bits per heavy atom. The number of amides is 1. The van der Waals surface area contributed by atoms with E-state index in [0.717, 1.165) is 6.54 Å². The molecule has 0 aliphatic rings. The SMILES string of the molecule is CN(Cc1cc(C(N)=O)ccc1F)CC(C)(C)CN. The number of halogens is 1. The highest BCUT2D eigenvalue weighted by molar-refractivity contribution is 5.92. The van der Waals surface area contributed by atoms with Crippen molar-refractivity contribution in [2.45, 2.75) is 20.4 Å². The first-order chi connectivity index (χ1) is 8.75. The van der Waals surface area contributed by atoms with Crippen molar-refractivity contribution in [3.8, 4) is 0 Å². The predicted molar refractivity (Wildman–Crippen MR) is 74.1 cm³/mol. The maximum absolute atomic E-state index is 13.7. The zero-order valence-corrected chi connectivity index (χ0v) is 11.7. The van der Waals surface area contributed by atoms with Gasteiger partial charge in [-0.05, 0) is 37.2 Å². The molecular formula is C14H22FN3O. The molecule has 0 saturated heterocycles. The molecule has 1 aromatic rings. The van der Waals surface area contributed by atoms with Crippen molar-refractivity contribution in [1.29, 1.82) is 0 Å². The lowest BCUT2D eigenvalue weighted by molar-refractivity contribution is 0.1000. The number of carbonyl (C=O) groups is 1. The molecule has 0 radical (unpaired) electrons. The molecule has 106 valence electrons. The highest BCUT2D eigenvalue weighted by atomic mass is 19.1. The van der Waals surface area contributed by atoms with Gasteiger partial charge in [-0.25, -0.2) is 4.39 Å². The number of nitrogens with zero attached hydrogens (tertiary/aromatic N) is 1. The summed E-state index contributed by atoms with van der Waals surface area (Å²) in [5.74, 6) is -0.881. The van der Waals surface area contributed by atoms with E-state index in [4.69, 9.17) is 11.5 Å². The summed E-state index contributed by atoms with van der Waals surface area (Å²) in [5, 5.41) is 0. The summed E-state index contributed by atoms with van der Waals surface area (Å²) >= 11 is 0. The minimum Gasteiger partial charge on any atom is -0.366 e. The van der Waals surface area contributed by atoms with Gasteiger partial charge in [0, 0.05) is 24.2 Å². The largest absolute Gasteiger partial charge is 0.366 e. The first kappa shape index (κ1) is 15.6. The van der Waals surface area contributed by atoms with Gasteiger partial charge in [-0.3, -0.25) is 4.79 Å². The molecule has 4 N–H and O–H groups in total. The normalized spacial score (nSPS) is 11.9. The zero-order valence-electron chi connectivity index (χ0n) is 11.7. The van der Waals surface area contributed by atoms with Crippen LogP contribution in [0.4, 0.5) is 4.39 Å². The molecule has 1 amide bonds. The summed E-state index contributed by atoms with van der Waals surface area (Å²) in [7, 11) is 1.90. The lowest BCUT2D eigenvalue weighted by Crippen LogP contribution is -2.36. The summed E-state index contributed by atoms with van der Waals surface area (Å²) < 4.78 is 13.7. The highest BCUT2D eigenvalue weighted by Crippen LogP contribution is 2.17. The Balaban J connectivity index is 2.81. The van der Waals surface area contributed by atoms with E-state index in [-0.39, 0.29) is 11.2 Å². The van der Waals surface area contributed by atoms with Crippen molar-refractivity contribution in [1.82, 2.24) is 4.90 Å². The van der Waals surface area contributed by atoms with Gasteiger partial charge in [0.15, 0.2) is 0 Å². The molecular weight excluding hydrogens is 245 g/mol. The zero-order chi connectivity index (χ0) is 14.6. The Bertz CT molecular complexity index is 460. The summed E-state index contributed by atoms with van der Waals surface area (Å²) in [6.45, 7) is 5.82. The molecule has 0 saturated carbocycles. The average molecular weight is 267 g/mol. The van der Waals surface area contributed by atoms with Crippen LogP contribution in [0.3, 0.4) is 0 Å². The minimum absolute atomic E-state index is 0.0352. The Hall–Kier alpha value is -1.46. The molecule has 0 unspecified atom stereocenters.